The number of carbonyl (C=O) groups is 2. The summed E-state index contributed by atoms with van der Waals surface area (Å²) in [6, 6.07) is 8.00. The van der Waals surface area contributed by atoms with Crippen molar-refractivity contribution in [1.29, 1.82) is 5.26 Å². The van der Waals surface area contributed by atoms with Gasteiger partial charge in [-0.1, -0.05) is 12.1 Å². The van der Waals surface area contributed by atoms with Crippen molar-refractivity contribution >= 4 is 22.7 Å². The summed E-state index contributed by atoms with van der Waals surface area (Å²) in [7, 11) is 0.202. The fraction of sp³-hybridized carbons (Fsp3) is 0.357. The molecule has 1 N–H and O–H groups in total. The molecule has 0 fully saturated rings. The van der Waals surface area contributed by atoms with Crippen LogP contribution in [-0.2, 0) is 21.3 Å². The minimum atomic E-state index is -1.37. The summed E-state index contributed by atoms with van der Waals surface area (Å²) in [6.45, 7) is 0.319. The van der Waals surface area contributed by atoms with E-state index in [0.717, 1.165) is 0 Å². The van der Waals surface area contributed by atoms with Gasteiger partial charge < -0.3 is 10.0 Å². The van der Waals surface area contributed by atoms with Crippen LogP contribution >= 0.6 is 0 Å². The van der Waals surface area contributed by atoms with Crippen LogP contribution in [0.4, 0.5) is 0 Å². The highest BCUT2D eigenvalue weighted by molar-refractivity contribution is 7.84. The molecular formula is C14H16N2O4S. The van der Waals surface area contributed by atoms with Gasteiger partial charge in [0.15, 0.2) is 0 Å². The number of rotatable bonds is 7. The summed E-state index contributed by atoms with van der Waals surface area (Å²) >= 11 is 0. The molecule has 0 aliphatic rings. The topological polar surface area (TPSA) is 98.5 Å². The Morgan fingerprint density at radius 1 is 1.33 bits per heavy atom. The van der Waals surface area contributed by atoms with E-state index in [-0.39, 0.29) is 29.4 Å². The Morgan fingerprint density at radius 2 is 1.95 bits per heavy atom. The quantitative estimate of drug-likeness (QED) is 0.810. The molecule has 0 spiro atoms. The van der Waals surface area contributed by atoms with Gasteiger partial charge in [-0.2, -0.15) is 5.26 Å². The molecule has 0 bridgehead atoms. The highest BCUT2D eigenvalue weighted by Gasteiger charge is 2.13. The molecule has 6 nitrogen and oxygen atoms in total. The van der Waals surface area contributed by atoms with Crippen molar-refractivity contribution in [2.75, 3.05) is 19.3 Å². The molecule has 0 radical (unpaired) electrons. The number of nitrogens with zero attached hydrogens (tertiary/aromatic N) is 2. The molecular weight excluding hydrogens is 292 g/mol. The number of aromatic carboxylic acids is 1. The van der Waals surface area contributed by atoms with Crippen LogP contribution in [0.1, 0.15) is 22.3 Å². The summed E-state index contributed by atoms with van der Waals surface area (Å²) in [5, 5.41) is 17.2. The van der Waals surface area contributed by atoms with Gasteiger partial charge in [0.2, 0.25) is 5.91 Å². The molecule has 0 heterocycles. The lowest BCUT2D eigenvalue weighted by atomic mass is 10.1. The lowest BCUT2D eigenvalue weighted by Gasteiger charge is -2.14. The van der Waals surface area contributed by atoms with Crippen molar-refractivity contribution in [2.24, 2.45) is 0 Å². The number of amides is 1. The van der Waals surface area contributed by atoms with Gasteiger partial charge in [-0.25, -0.2) is 4.79 Å². The molecule has 7 heteroatoms. The molecule has 112 valence electrons. The number of carboxylic acid groups (broad SMARTS) is 1. The van der Waals surface area contributed by atoms with E-state index in [2.05, 4.69) is 0 Å². The van der Waals surface area contributed by atoms with Gasteiger partial charge in [0.05, 0.1) is 18.1 Å². The normalized spacial score (nSPS) is 11.4. The largest absolute Gasteiger partial charge is 0.478 e. The van der Waals surface area contributed by atoms with Crippen LogP contribution in [-0.4, -0.2) is 45.4 Å². The average Bonchev–Trinajstić information content (AvgIpc) is 2.45. The molecule has 0 aliphatic heterocycles. The van der Waals surface area contributed by atoms with Crippen molar-refractivity contribution in [2.45, 2.75) is 12.2 Å². The van der Waals surface area contributed by atoms with Gasteiger partial charge in [-0.3, -0.25) is 9.00 Å². The SMILES string of the molecule is CN(CCC#N)C(=O)CS(=O)Cc1ccc(C(=O)O)cc1. The summed E-state index contributed by atoms with van der Waals surface area (Å²) in [5.74, 6) is -1.21. The summed E-state index contributed by atoms with van der Waals surface area (Å²) in [6.07, 6.45) is 0.242. The minimum absolute atomic E-state index is 0.109. The summed E-state index contributed by atoms with van der Waals surface area (Å²) < 4.78 is 11.9. The Morgan fingerprint density at radius 3 is 2.48 bits per heavy atom. The number of benzene rings is 1. The molecule has 0 saturated carbocycles. The third-order valence-corrected chi connectivity index (χ3v) is 4.02. The minimum Gasteiger partial charge on any atom is -0.478 e. The van der Waals surface area contributed by atoms with E-state index in [1.165, 1.54) is 17.0 Å². The number of hydrogen-bond donors (Lipinski definition) is 1. The van der Waals surface area contributed by atoms with E-state index in [9.17, 15) is 13.8 Å². The highest BCUT2D eigenvalue weighted by Crippen LogP contribution is 2.07. The van der Waals surface area contributed by atoms with Crippen LogP contribution < -0.4 is 0 Å². The van der Waals surface area contributed by atoms with Crippen LogP contribution in [0.15, 0.2) is 24.3 Å². The first-order valence-corrected chi connectivity index (χ1v) is 7.71. The second-order valence-corrected chi connectivity index (χ2v) is 5.91. The summed E-state index contributed by atoms with van der Waals surface area (Å²) in [4.78, 5) is 23.8. The first-order valence-electron chi connectivity index (χ1n) is 6.22. The first kappa shape index (κ1) is 16.9. The molecule has 1 amide bonds. The highest BCUT2D eigenvalue weighted by atomic mass is 32.2. The molecule has 1 unspecified atom stereocenters. The third-order valence-electron chi connectivity index (χ3n) is 2.80. The van der Waals surface area contributed by atoms with Gasteiger partial charge >= 0.3 is 5.97 Å². The molecule has 0 aromatic heterocycles. The van der Waals surface area contributed by atoms with Crippen LogP contribution in [0.2, 0.25) is 0 Å². The van der Waals surface area contributed by atoms with Crippen molar-refractivity contribution in [3.8, 4) is 6.07 Å². The van der Waals surface area contributed by atoms with Crippen LogP contribution in [0.25, 0.3) is 0 Å². The molecule has 1 atom stereocenters. The standard InChI is InChI=1S/C14H16N2O4S/c1-16(8-2-7-15)13(17)10-21(20)9-11-3-5-12(6-4-11)14(18)19/h3-6H,2,8-10H2,1H3,(H,18,19). The molecule has 1 rings (SSSR count). The van der Waals surface area contributed by atoms with Crippen molar-refractivity contribution in [3.05, 3.63) is 35.4 Å². The zero-order valence-corrected chi connectivity index (χ0v) is 12.4. The Hall–Kier alpha value is -2.20. The fourth-order valence-corrected chi connectivity index (χ4v) is 2.73. The van der Waals surface area contributed by atoms with Crippen LogP contribution in [0, 0.1) is 11.3 Å². The Bertz CT molecular complexity index is 578. The lowest BCUT2D eigenvalue weighted by molar-refractivity contribution is -0.127. The third kappa shape index (κ3) is 5.75. The predicted octanol–water partition coefficient (Wildman–Crippen LogP) is 1.01. The van der Waals surface area contributed by atoms with E-state index < -0.39 is 16.8 Å². The maximum atomic E-state index is 11.9. The van der Waals surface area contributed by atoms with Gasteiger partial charge in [0.25, 0.3) is 0 Å². The first-order chi connectivity index (χ1) is 9.93. The Labute approximate surface area is 125 Å². The summed E-state index contributed by atoms with van der Waals surface area (Å²) in [5.41, 5.74) is 0.877. The van der Waals surface area contributed by atoms with Crippen molar-refractivity contribution < 1.29 is 18.9 Å². The monoisotopic (exact) mass is 308 g/mol. The van der Waals surface area contributed by atoms with Gasteiger partial charge in [0, 0.05) is 30.1 Å². The Kier molecular flexibility index (Phi) is 6.56. The van der Waals surface area contributed by atoms with Crippen molar-refractivity contribution in [3.63, 3.8) is 0 Å². The van der Waals surface area contributed by atoms with Gasteiger partial charge in [-0.15, -0.1) is 0 Å². The second-order valence-electron chi connectivity index (χ2n) is 4.45. The van der Waals surface area contributed by atoms with Gasteiger partial charge in [0.1, 0.15) is 5.75 Å². The predicted molar refractivity (Wildman–Crippen MR) is 78.0 cm³/mol. The van der Waals surface area contributed by atoms with E-state index in [1.54, 1.807) is 19.2 Å². The van der Waals surface area contributed by atoms with Crippen LogP contribution in [0.3, 0.4) is 0 Å². The van der Waals surface area contributed by atoms with E-state index in [1.807, 2.05) is 6.07 Å². The van der Waals surface area contributed by atoms with E-state index in [0.29, 0.717) is 12.1 Å². The van der Waals surface area contributed by atoms with E-state index in [4.69, 9.17) is 10.4 Å². The number of hydrogen-bond acceptors (Lipinski definition) is 4. The molecule has 21 heavy (non-hydrogen) atoms. The average molecular weight is 308 g/mol. The number of carbonyl (C=O) groups excluding carboxylic acids is 1. The zero-order valence-electron chi connectivity index (χ0n) is 11.6. The van der Waals surface area contributed by atoms with Crippen molar-refractivity contribution in [1.82, 2.24) is 4.90 Å². The molecule has 0 saturated heterocycles. The van der Waals surface area contributed by atoms with Gasteiger partial charge in [-0.05, 0) is 17.7 Å². The second kappa shape index (κ2) is 8.17. The maximum Gasteiger partial charge on any atom is 0.335 e. The number of nitriles is 1. The smallest absolute Gasteiger partial charge is 0.335 e. The molecule has 0 aliphatic carbocycles. The molecule has 1 aromatic rings. The fourth-order valence-electron chi connectivity index (χ4n) is 1.57. The zero-order chi connectivity index (χ0) is 15.8. The Balaban J connectivity index is 2.52. The van der Waals surface area contributed by atoms with Crippen LogP contribution in [0.5, 0.6) is 0 Å². The van der Waals surface area contributed by atoms with E-state index >= 15 is 0 Å². The molecule has 1 aromatic carbocycles. The lowest BCUT2D eigenvalue weighted by Crippen LogP contribution is -2.31. The number of carboxylic acids is 1. The maximum absolute atomic E-state index is 11.9.